The molecule has 0 atom stereocenters. The van der Waals surface area contributed by atoms with E-state index in [0.29, 0.717) is 0 Å². The maximum Gasteiger partial charge on any atom is 0.414 e. The summed E-state index contributed by atoms with van der Waals surface area (Å²) in [6.45, 7) is 0. The van der Waals surface area contributed by atoms with E-state index in [0.717, 1.165) is 18.6 Å². The highest BCUT2D eigenvalue weighted by Gasteiger charge is 2.22. The third kappa shape index (κ3) is 2.43. The molecule has 18 heavy (non-hydrogen) atoms. The van der Waals surface area contributed by atoms with E-state index in [-0.39, 0.29) is 10.4 Å². The van der Waals surface area contributed by atoms with Gasteiger partial charge < -0.3 is 9.94 Å². The van der Waals surface area contributed by atoms with Gasteiger partial charge in [0, 0.05) is 12.4 Å². The Labute approximate surface area is 100 Å². The van der Waals surface area contributed by atoms with E-state index >= 15 is 0 Å². The van der Waals surface area contributed by atoms with Crippen molar-refractivity contribution in [2.75, 3.05) is 0 Å². The maximum atomic E-state index is 11.5. The molecule has 0 aliphatic rings. The molecule has 0 unspecified atom stereocenters. The number of hydrogen-bond donors (Lipinski definition) is 0. The van der Waals surface area contributed by atoms with Crippen LogP contribution in [0.15, 0.2) is 37.2 Å². The SMILES string of the molecule is O=C(OC(=O)c1cncc[n+]1[O-])c1cnccn1. The van der Waals surface area contributed by atoms with E-state index in [9.17, 15) is 14.8 Å². The minimum absolute atomic E-state index is 0.132. The molecule has 0 aliphatic carbocycles. The van der Waals surface area contributed by atoms with Gasteiger partial charge in [-0.15, -0.1) is 0 Å². The molecule has 0 aliphatic heterocycles. The van der Waals surface area contributed by atoms with E-state index in [4.69, 9.17) is 0 Å². The minimum Gasteiger partial charge on any atom is -0.618 e. The van der Waals surface area contributed by atoms with E-state index in [1.807, 2.05) is 0 Å². The second-order valence-electron chi connectivity index (χ2n) is 3.05. The fourth-order valence-electron chi connectivity index (χ4n) is 1.09. The Balaban J connectivity index is 2.14. The van der Waals surface area contributed by atoms with Crippen LogP contribution in [0.4, 0.5) is 0 Å². The van der Waals surface area contributed by atoms with Crippen molar-refractivity contribution < 1.29 is 19.1 Å². The molecule has 2 aromatic heterocycles. The standard InChI is InChI=1S/C10H6N4O4/c15-9(7-5-11-1-2-13-7)18-10(16)8-6-12-3-4-14(8)17/h1-6H. The number of nitrogens with zero attached hydrogens (tertiary/aromatic N) is 4. The molecule has 0 fully saturated rings. The van der Waals surface area contributed by atoms with Crippen molar-refractivity contribution in [2.24, 2.45) is 0 Å². The molecule has 0 saturated carbocycles. The molecule has 90 valence electrons. The smallest absolute Gasteiger partial charge is 0.414 e. The molecule has 2 rings (SSSR count). The number of esters is 2. The van der Waals surface area contributed by atoms with E-state index < -0.39 is 17.6 Å². The summed E-state index contributed by atoms with van der Waals surface area (Å²) in [6, 6.07) is 0. The van der Waals surface area contributed by atoms with E-state index in [1.54, 1.807) is 0 Å². The summed E-state index contributed by atoms with van der Waals surface area (Å²) in [4.78, 5) is 33.9. The first-order chi connectivity index (χ1) is 8.68. The van der Waals surface area contributed by atoms with Crippen LogP contribution in [0.1, 0.15) is 21.0 Å². The highest BCUT2D eigenvalue weighted by atomic mass is 16.6. The van der Waals surface area contributed by atoms with Gasteiger partial charge in [0.25, 0.3) is 0 Å². The summed E-state index contributed by atoms with van der Waals surface area (Å²) in [6.07, 6.45) is 7.01. The van der Waals surface area contributed by atoms with Crippen molar-refractivity contribution in [1.82, 2.24) is 15.0 Å². The summed E-state index contributed by atoms with van der Waals surface area (Å²) in [5.41, 5.74) is -0.526. The number of ether oxygens (including phenoxy) is 1. The lowest BCUT2D eigenvalue weighted by Crippen LogP contribution is -2.35. The first-order valence-electron chi connectivity index (χ1n) is 4.74. The number of carbonyl (C=O) groups excluding carboxylic acids is 2. The second kappa shape index (κ2) is 4.95. The van der Waals surface area contributed by atoms with Gasteiger partial charge in [-0.3, -0.25) is 9.97 Å². The second-order valence-corrected chi connectivity index (χ2v) is 3.05. The topological polar surface area (TPSA) is 109 Å². The lowest BCUT2D eigenvalue weighted by atomic mass is 10.4. The first-order valence-corrected chi connectivity index (χ1v) is 4.74. The zero-order chi connectivity index (χ0) is 13.0. The van der Waals surface area contributed by atoms with Gasteiger partial charge in [0.1, 0.15) is 6.20 Å². The number of aromatic nitrogens is 4. The maximum absolute atomic E-state index is 11.5. The summed E-state index contributed by atoms with van der Waals surface area (Å²) >= 11 is 0. The van der Waals surface area contributed by atoms with Crippen molar-refractivity contribution in [3.63, 3.8) is 0 Å². The van der Waals surface area contributed by atoms with Crippen LogP contribution in [0.25, 0.3) is 0 Å². The largest absolute Gasteiger partial charge is 0.618 e. The minimum atomic E-state index is -1.10. The molecule has 0 saturated heterocycles. The number of rotatable bonds is 2. The van der Waals surface area contributed by atoms with Crippen LogP contribution in [-0.4, -0.2) is 26.9 Å². The average molecular weight is 246 g/mol. The molecular weight excluding hydrogens is 240 g/mol. The normalized spacial score (nSPS) is 9.78. The third-order valence-electron chi connectivity index (χ3n) is 1.89. The summed E-state index contributed by atoms with van der Waals surface area (Å²) < 4.78 is 4.71. The number of carbonyl (C=O) groups is 2. The van der Waals surface area contributed by atoms with Gasteiger partial charge in [0.2, 0.25) is 0 Å². The van der Waals surface area contributed by atoms with Gasteiger partial charge in [-0.1, -0.05) is 0 Å². The lowest BCUT2D eigenvalue weighted by Gasteiger charge is -2.02. The molecule has 2 heterocycles. The monoisotopic (exact) mass is 246 g/mol. The van der Waals surface area contributed by atoms with Crippen LogP contribution in [0.2, 0.25) is 0 Å². The lowest BCUT2D eigenvalue weighted by molar-refractivity contribution is -0.608. The molecule has 0 spiro atoms. The predicted molar refractivity (Wildman–Crippen MR) is 55.0 cm³/mol. The van der Waals surface area contributed by atoms with Gasteiger partial charge >= 0.3 is 17.6 Å². The predicted octanol–water partition coefficient (Wildman–Crippen LogP) is -0.498. The zero-order valence-corrected chi connectivity index (χ0v) is 8.89. The van der Waals surface area contributed by atoms with Crippen LogP contribution in [0.3, 0.4) is 0 Å². The van der Waals surface area contributed by atoms with Gasteiger partial charge in [-0.25, -0.2) is 14.6 Å². The van der Waals surface area contributed by atoms with Gasteiger partial charge in [-0.2, -0.15) is 4.73 Å². The molecule has 0 amide bonds. The number of hydrogen-bond acceptors (Lipinski definition) is 7. The average Bonchev–Trinajstić information content (AvgIpc) is 2.40. The van der Waals surface area contributed by atoms with Crippen molar-refractivity contribution >= 4 is 11.9 Å². The highest BCUT2D eigenvalue weighted by molar-refractivity contribution is 5.99. The highest BCUT2D eigenvalue weighted by Crippen LogP contribution is 1.99. The Bertz CT molecular complexity index is 587. The Morgan fingerprint density at radius 2 is 1.89 bits per heavy atom. The molecule has 0 N–H and O–H groups in total. The van der Waals surface area contributed by atoms with Gasteiger partial charge in [-0.05, 0) is 0 Å². The fourth-order valence-corrected chi connectivity index (χ4v) is 1.09. The van der Waals surface area contributed by atoms with Crippen molar-refractivity contribution in [3.8, 4) is 0 Å². The van der Waals surface area contributed by atoms with Crippen LogP contribution in [0.5, 0.6) is 0 Å². The van der Waals surface area contributed by atoms with E-state index in [2.05, 4.69) is 19.7 Å². The van der Waals surface area contributed by atoms with Crippen molar-refractivity contribution in [2.45, 2.75) is 0 Å². The van der Waals surface area contributed by atoms with Crippen LogP contribution >= 0.6 is 0 Å². The Hall–Kier alpha value is -2.90. The quantitative estimate of drug-likeness (QED) is 0.304. The van der Waals surface area contributed by atoms with Crippen LogP contribution in [0, 0.1) is 5.21 Å². The summed E-state index contributed by atoms with van der Waals surface area (Å²) in [7, 11) is 0. The molecule has 0 bridgehead atoms. The third-order valence-corrected chi connectivity index (χ3v) is 1.89. The van der Waals surface area contributed by atoms with Crippen molar-refractivity contribution in [1.29, 1.82) is 0 Å². The Kier molecular flexibility index (Phi) is 3.19. The van der Waals surface area contributed by atoms with Gasteiger partial charge in [0.05, 0.1) is 12.4 Å². The Morgan fingerprint density at radius 1 is 1.11 bits per heavy atom. The van der Waals surface area contributed by atoms with Crippen LogP contribution < -0.4 is 4.73 Å². The van der Waals surface area contributed by atoms with Crippen LogP contribution in [-0.2, 0) is 4.74 Å². The Morgan fingerprint density at radius 3 is 2.56 bits per heavy atom. The summed E-state index contributed by atoms with van der Waals surface area (Å²) in [5.74, 6) is -2.09. The summed E-state index contributed by atoms with van der Waals surface area (Å²) in [5, 5.41) is 11.2. The van der Waals surface area contributed by atoms with Gasteiger partial charge in [0.15, 0.2) is 11.9 Å². The molecule has 8 nitrogen and oxygen atoms in total. The molecule has 2 aromatic rings. The first kappa shape index (κ1) is 11.6. The molecule has 0 aromatic carbocycles. The van der Waals surface area contributed by atoms with Crippen molar-refractivity contribution in [3.05, 3.63) is 53.8 Å². The zero-order valence-electron chi connectivity index (χ0n) is 8.89. The molecule has 0 radical (unpaired) electrons. The fraction of sp³-hybridized carbons (Fsp3) is 0. The molecule has 8 heteroatoms. The van der Waals surface area contributed by atoms with E-state index in [1.165, 1.54) is 18.6 Å². The molecular formula is C10H6N4O4.